The Hall–Kier alpha value is -1.10. The molecule has 3 atom stereocenters. The van der Waals surface area contributed by atoms with Crippen LogP contribution in [-0.2, 0) is 9.59 Å². The molecule has 21 heavy (non-hydrogen) atoms. The second kappa shape index (κ2) is 5.95. The van der Waals surface area contributed by atoms with Gasteiger partial charge in [0.05, 0.1) is 0 Å². The van der Waals surface area contributed by atoms with E-state index >= 15 is 0 Å². The van der Waals surface area contributed by atoms with Gasteiger partial charge in [0.1, 0.15) is 6.04 Å². The first kappa shape index (κ1) is 14.8. The number of hydrogen-bond donors (Lipinski definition) is 2. The smallest absolute Gasteiger partial charge is 0.244 e. The number of carbonyl (C=O) groups excluding carboxylic acids is 2. The van der Waals surface area contributed by atoms with Gasteiger partial charge in [-0.1, -0.05) is 6.42 Å². The Morgan fingerprint density at radius 2 is 1.86 bits per heavy atom. The second-order valence-electron chi connectivity index (χ2n) is 7.16. The van der Waals surface area contributed by atoms with Crippen molar-refractivity contribution in [2.24, 2.45) is 23.5 Å². The number of likely N-dealkylation sites (N-methyl/N-ethyl adjacent to an activating group) is 1. The number of carbonyl (C=O) groups is 2. The number of likely N-dealkylation sites (tertiary alicyclic amines) is 1. The van der Waals surface area contributed by atoms with Gasteiger partial charge in [-0.3, -0.25) is 9.59 Å². The first-order valence-corrected chi connectivity index (χ1v) is 8.37. The average molecular weight is 293 g/mol. The quantitative estimate of drug-likeness (QED) is 0.793. The fraction of sp³-hybridized carbons (Fsp3) is 0.875. The van der Waals surface area contributed by atoms with Crippen molar-refractivity contribution >= 4 is 11.8 Å². The molecule has 2 amide bonds. The van der Waals surface area contributed by atoms with Gasteiger partial charge >= 0.3 is 0 Å². The lowest BCUT2D eigenvalue weighted by atomic mass is 9.65. The molecule has 0 aromatic rings. The van der Waals surface area contributed by atoms with E-state index in [2.05, 4.69) is 5.32 Å². The molecule has 3 unspecified atom stereocenters. The van der Waals surface area contributed by atoms with Crippen molar-refractivity contribution in [1.82, 2.24) is 10.2 Å². The van der Waals surface area contributed by atoms with Gasteiger partial charge in [-0.25, -0.2) is 0 Å². The van der Waals surface area contributed by atoms with Crippen LogP contribution in [0.15, 0.2) is 0 Å². The van der Waals surface area contributed by atoms with Gasteiger partial charge in [0.2, 0.25) is 11.8 Å². The molecule has 118 valence electrons. The van der Waals surface area contributed by atoms with Crippen LogP contribution in [0.5, 0.6) is 0 Å². The fourth-order valence-corrected chi connectivity index (χ4v) is 4.46. The Kier molecular flexibility index (Phi) is 4.20. The SMILES string of the molecule is CN1CCCC(NC(=O)C2CC3CCCC(C2)C3N)C1=O. The molecular formula is C16H27N3O2. The van der Waals surface area contributed by atoms with Crippen LogP contribution in [0.4, 0.5) is 0 Å². The van der Waals surface area contributed by atoms with E-state index in [9.17, 15) is 9.59 Å². The van der Waals surface area contributed by atoms with Gasteiger partial charge in [0.15, 0.2) is 0 Å². The van der Waals surface area contributed by atoms with Crippen molar-refractivity contribution in [2.75, 3.05) is 13.6 Å². The zero-order chi connectivity index (χ0) is 15.0. The minimum Gasteiger partial charge on any atom is -0.344 e. The van der Waals surface area contributed by atoms with Crippen LogP contribution in [-0.4, -0.2) is 42.4 Å². The van der Waals surface area contributed by atoms with E-state index in [0.29, 0.717) is 11.8 Å². The molecular weight excluding hydrogens is 266 g/mol. The van der Waals surface area contributed by atoms with Crippen molar-refractivity contribution < 1.29 is 9.59 Å². The summed E-state index contributed by atoms with van der Waals surface area (Å²) in [5.41, 5.74) is 6.28. The molecule has 5 nitrogen and oxygen atoms in total. The summed E-state index contributed by atoms with van der Waals surface area (Å²) in [5.74, 6) is 1.19. The highest BCUT2D eigenvalue weighted by atomic mass is 16.2. The Balaban J connectivity index is 1.59. The van der Waals surface area contributed by atoms with E-state index in [4.69, 9.17) is 5.73 Å². The van der Waals surface area contributed by atoms with Crippen LogP contribution in [0.2, 0.25) is 0 Å². The Bertz CT molecular complexity index is 412. The lowest BCUT2D eigenvalue weighted by Crippen LogP contribution is -2.54. The molecule has 0 radical (unpaired) electrons. The second-order valence-corrected chi connectivity index (χ2v) is 7.16. The van der Waals surface area contributed by atoms with E-state index in [1.54, 1.807) is 4.90 Å². The minimum absolute atomic E-state index is 0.0557. The molecule has 3 fully saturated rings. The normalized spacial score (nSPS) is 40.0. The maximum absolute atomic E-state index is 12.5. The van der Waals surface area contributed by atoms with Crippen LogP contribution in [0.3, 0.4) is 0 Å². The van der Waals surface area contributed by atoms with Crippen molar-refractivity contribution in [3.05, 3.63) is 0 Å². The summed E-state index contributed by atoms with van der Waals surface area (Å²) in [5, 5.41) is 3.00. The van der Waals surface area contributed by atoms with E-state index < -0.39 is 0 Å². The van der Waals surface area contributed by atoms with Gasteiger partial charge in [-0.05, 0) is 50.4 Å². The number of piperidine rings is 1. The molecule has 5 heteroatoms. The van der Waals surface area contributed by atoms with Crippen LogP contribution >= 0.6 is 0 Å². The maximum atomic E-state index is 12.5. The number of fused-ring (bicyclic) bond motifs is 2. The van der Waals surface area contributed by atoms with Crippen LogP contribution in [0.25, 0.3) is 0 Å². The summed E-state index contributed by atoms with van der Waals surface area (Å²) in [6.07, 6.45) is 7.12. The lowest BCUT2D eigenvalue weighted by Gasteiger charge is -2.43. The standard InChI is InChI=1S/C16H27N3O2/c1-19-7-3-6-13(16(19)21)18-15(20)12-8-10-4-2-5-11(9-12)14(10)17/h10-14H,2-9,17H2,1H3,(H,18,20). The number of rotatable bonds is 2. The molecule has 2 aliphatic carbocycles. The van der Waals surface area contributed by atoms with Gasteiger partial charge in [-0.15, -0.1) is 0 Å². The van der Waals surface area contributed by atoms with Gasteiger partial charge in [0, 0.05) is 25.6 Å². The van der Waals surface area contributed by atoms with Crippen LogP contribution in [0.1, 0.15) is 44.9 Å². The van der Waals surface area contributed by atoms with Gasteiger partial charge in [-0.2, -0.15) is 0 Å². The van der Waals surface area contributed by atoms with Crippen molar-refractivity contribution in [2.45, 2.75) is 57.0 Å². The molecule has 2 bridgehead atoms. The summed E-state index contributed by atoms with van der Waals surface area (Å²) in [7, 11) is 1.81. The number of nitrogens with zero attached hydrogens (tertiary/aromatic N) is 1. The van der Waals surface area contributed by atoms with Crippen molar-refractivity contribution in [3.8, 4) is 0 Å². The topological polar surface area (TPSA) is 75.4 Å². The molecule has 1 heterocycles. The number of nitrogens with one attached hydrogen (secondary N) is 1. The highest BCUT2D eigenvalue weighted by Gasteiger charge is 2.41. The highest BCUT2D eigenvalue weighted by molar-refractivity contribution is 5.88. The van der Waals surface area contributed by atoms with Crippen LogP contribution < -0.4 is 11.1 Å². The summed E-state index contributed by atoms with van der Waals surface area (Å²) in [6.45, 7) is 0.799. The predicted molar refractivity (Wildman–Crippen MR) is 80.3 cm³/mol. The molecule has 3 N–H and O–H groups in total. The van der Waals surface area contributed by atoms with Crippen LogP contribution in [0, 0.1) is 17.8 Å². The number of nitrogens with two attached hydrogens (primary N) is 1. The number of hydrogen-bond acceptors (Lipinski definition) is 3. The van der Waals surface area contributed by atoms with Crippen molar-refractivity contribution in [1.29, 1.82) is 0 Å². The largest absolute Gasteiger partial charge is 0.344 e. The van der Waals surface area contributed by atoms with E-state index in [0.717, 1.165) is 45.1 Å². The van der Waals surface area contributed by atoms with E-state index in [-0.39, 0.29) is 29.8 Å². The molecule has 1 aliphatic heterocycles. The van der Waals surface area contributed by atoms with E-state index in [1.807, 2.05) is 7.05 Å². The summed E-state index contributed by atoms with van der Waals surface area (Å²) in [4.78, 5) is 26.3. The zero-order valence-electron chi connectivity index (χ0n) is 12.9. The Morgan fingerprint density at radius 1 is 1.19 bits per heavy atom. The fourth-order valence-electron chi connectivity index (χ4n) is 4.46. The first-order chi connectivity index (χ1) is 10.1. The summed E-state index contributed by atoms with van der Waals surface area (Å²) >= 11 is 0. The number of amides is 2. The average Bonchev–Trinajstić information content (AvgIpc) is 2.43. The zero-order valence-corrected chi connectivity index (χ0v) is 12.9. The van der Waals surface area contributed by atoms with Gasteiger partial charge in [0.25, 0.3) is 0 Å². The predicted octanol–water partition coefficient (Wildman–Crippen LogP) is 0.877. The first-order valence-electron chi connectivity index (χ1n) is 8.37. The maximum Gasteiger partial charge on any atom is 0.244 e. The molecule has 2 saturated carbocycles. The Morgan fingerprint density at radius 3 is 2.52 bits per heavy atom. The molecule has 1 saturated heterocycles. The Labute approximate surface area is 126 Å². The van der Waals surface area contributed by atoms with Crippen molar-refractivity contribution in [3.63, 3.8) is 0 Å². The third-order valence-corrected chi connectivity index (χ3v) is 5.76. The third kappa shape index (κ3) is 2.93. The third-order valence-electron chi connectivity index (χ3n) is 5.76. The molecule has 3 rings (SSSR count). The summed E-state index contributed by atoms with van der Waals surface area (Å²) < 4.78 is 0. The van der Waals surface area contributed by atoms with E-state index in [1.165, 1.54) is 6.42 Å². The minimum atomic E-state index is -0.313. The lowest BCUT2D eigenvalue weighted by molar-refractivity contribution is -0.139. The summed E-state index contributed by atoms with van der Waals surface area (Å²) in [6, 6.07) is -0.0306. The van der Waals surface area contributed by atoms with Gasteiger partial charge < -0.3 is 16.0 Å². The molecule has 0 aromatic heterocycles. The molecule has 0 aromatic carbocycles. The molecule has 0 spiro atoms. The highest BCUT2D eigenvalue weighted by Crippen LogP contribution is 2.41. The molecule has 3 aliphatic rings. The monoisotopic (exact) mass is 293 g/mol.